The van der Waals surface area contributed by atoms with Crippen LogP contribution >= 0.6 is 0 Å². The number of nitrogen functional groups attached to an aromatic ring is 1. The molecular weight excluding hydrogens is 204 g/mol. The van der Waals surface area contributed by atoms with Crippen LogP contribution in [0.1, 0.15) is 11.6 Å². The number of nitrogens with one attached hydrogen (secondary N) is 2. The first-order valence-electron chi connectivity index (χ1n) is 5.19. The van der Waals surface area contributed by atoms with Gasteiger partial charge >= 0.3 is 0 Å². The molecule has 86 valence electrons. The topological polar surface area (TPSA) is 84.6 Å². The zero-order chi connectivity index (χ0) is 11.5. The van der Waals surface area contributed by atoms with E-state index in [9.17, 15) is 0 Å². The van der Waals surface area contributed by atoms with Crippen molar-refractivity contribution in [2.24, 2.45) is 7.05 Å². The number of aromatic amines is 1. The van der Waals surface area contributed by atoms with Gasteiger partial charge in [-0.05, 0) is 6.92 Å². The van der Waals surface area contributed by atoms with Gasteiger partial charge in [0.2, 0.25) is 0 Å². The Morgan fingerprint density at radius 1 is 1.56 bits per heavy atom. The van der Waals surface area contributed by atoms with Crippen LogP contribution in [0.4, 0.5) is 11.6 Å². The minimum absolute atomic E-state index is 0.581. The second-order valence-corrected chi connectivity index (χ2v) is 3.72. The van der Waals surface area contributed by atoms with Crippen molar-refractivity contribution < 1.29 is 0 Å². The zero-order valence-corrected chi connectivity index (χ0v) is 9.49. The first kappa shape index (κ1) is 10.5. The van der Waals surface area contributed by atoms with Gasteiger partial charge in [0.25, 0.3) is 0 Å². The molecule has 0 aliphatic heterocycles. The molecule has 0 amide bonds. The number of H-pyrrole nitrogens is 1. The molecule has 6 heteroatoms. The van der Waals surface area contributed by atoms with Gasteiger partial charge in [0.15, 0.2) is 5.82 Å². The van der Waals surface area contributed by atoms with E-state index in [-0.39, 0.29) is 0 Å². The molecule has 2 heterocycles. The van der Waals surface area contributed by atoms with Crippen molar-refractivity contribution in [2.45, 2.75) is 13.3 Å². The summed E-state index contributed by atoms with van der Waals surface area (Å²) < 4.78 is 2.00. The van der Waals surface area contributed by atoms with Gasteiger partial charge in [-0.25, -0.2) is 9.97 Å². The lowest BCUT2D eigenvalue weighted by Crippen LogP contribution is -2.09. The normalized spacial score (nSPS) is 10.6. The maximum Gasteiger partial charge on any atom is 0.168 e. The predicted octanol–water partition coefficient (Wildman–Crippen LogP) is 0.688. The Balaban J connectivity index is 1.89. The largest absolute Gasteiger partial charge is 0.382 e. The summed E-state index contributed by atoms with van der Waals surface area (Å²) in [5.74, 6) is 3.15. The Morgan fingerprint density at radius 2 is 2.38 bits per heavy atom. The molecule has 0 saturated carbocycles. The maximum atomic E-state index is 5.73. The van der Waals surface area contributed by atoms with Crippen molar-refractivity contribution in [3.8, 4) is 0 Å². The lowest BCUT2D eigenvalue weighted by molar-refractivity contribution is 0.789. The van der Waals surface area contributed by atoms with E-state index >= 15 is 0 Å². The summed E-state index contributed by atoms with van der Waals surface area (Å²) in [6.45, 7) is 2.64. The average Bonchev–Trinajstić information content (AvgIpc) is 2.75. The van der Waals surface area contributed by atoms with E-state index in [0.29, 0.717) is 11.6 Å². The molecule has 0 fully saturated rings. The van der Waals surface area contributed by atoms with Crippen LogP contribution in [0, 0.1) is 6.92 Å². The van der Waals surface area contributed by atoms with E-state index in [1.807, 2.05) is 24.7 Å². The van der Waals surface area contributed by atoms with Crippen LogP contribution in [0.3, 0.4) is 0 Å². The highest BCUT2D eigenvalue weighted by Crippen LogP contribution is 2.13. The Hall–Kier alpha value is -1.98. The van der Waals surface area contributed by atoms with Crippen LogP contribution in [0.15, 0.2) is 12.4 Å². The third kappa shape index (κ3) is 2.16. The minimum atomic E-state index is 0.581. The first-order chi connectivity index (χ1) is 7.66. The Bertz CT molecular complexity index is 469. The van der Waals surface area contributed by atoms with E-state index in [2.05, 4.69) is 20.3 Å². The summed E-state index contributed by atoms with van der Waals surface area (Å²) in [7, 11) is 1.98. The summed E-state index contributed by atoms with van der Waals surface area (Å²) in [5, 5.41) is 3.18. The molecule has 0 radical (unpaired) electrons. The quantitative estimate of drug-likeness (QED) is 0.707. The number of nitrogens with zero attached hydrogens (tertiary/aromatic N) is 3. The van der Waals surface area contributed by atoms with Crippen LogP contribution in [-0.4, -0.2) is 26.1 Å². The molecule has 16 heavy (non-hydrogen) atoms. The van der Waals surface area contributed by atoms with Gasteiger partial charge in [-0.3, -0.25) is 0 Å². The highest BCUT2D eigenvalue weighted by Gasteiger charge is 2.04. The molecule has 0 spiro atoms. The van der Waals surface area contributed by atoms with E-state index in [1.165, 1.54) is 0 Å². The molecular formula is C10H16N6. The Labute approximate surface area is 93.9 Å². The number of anilines is 2. The molecule has 0 aromatic carbocycles. The SMILES string of the molecule is Cc1nc(NCCc2nccn2C)c(N)[nH]1. The molecule has 2 rings (SSSR count). The van der Waals surface area contributed by atoms with Crippen molar-refractivity contribution in [3.05, 3.63) is 24.0 Å². The van der Waals surface area contributed by atoms with E-state index in [1.54, 1.807) is 6.20 Å². The number of nitrogens with two attached hydrogens (primary N) is 1. The highest BCUT2D eigenvalue weighted by atomic mass is 15.1. The standard InChI is InChI=1S/C10H16N6/c1-7-14-9(11)10(15-7)13-4-3-8-12-5-6-16(8)2/h5-6,13H,3-4,11H2,1-2H3,(H,14,15). The van der Waals surface area contributed by atoms with E-state index in [4.69, 9.17) is 5.73 Å². The molecule has 6 nitrogen and oxygen atoms in total. The number of aryl methyl sites for hydroxylation is 2. The molecule has 0 saturated heterocycles. The second kappa shape index (κ2) is 4.26. The Morgan fingerprint density at radius 3 is 2.94 bits per heavy atom. The molecule has 0 aliphatic rings. The monoisotopic (exact) mass is 220 g/mol. The third-order valence-electron chi connectivity index (χ3n) is 2.41. The smallest absolute Gasteiger partial charge is 0.168 e. The maximum absolute atomic E-state index is 5.73. The van der Waals surface area contributed by atoms with Crippen LogP contribution in [0.5, 0.6) is 0 Å². The van der Waals surface area contributed by atoms with Crippen molar-refractivity contribution >= 4 is 11.6 Å². The predicted molar refractivity (Wildman–Crippen MR) is 63.1 cm³/mol. The van der Waals surface area contributed by atoms with Gasteiger partial charge in [-0.1, -0.05) is 0 Å². The number of aromatic nitrogens is 4. The summed E-state index contributed by atoms with van der Waals surface area (Å²) in [5.41, 5.74) is 5.73. The number of rotatable bonds is 4. The number of hydrogen-bond donors (Lipinski definition) is 3. The van der Waals surface area contributed by atoms with Gasteiger partial charge < -0.3 is 20.6 Å². The molecule has 0 atom stereocenters. The minimum Gasteiger partial charge on any atom is -0.382 e. The molecule has 0 unspecified atom stereocenters. The van der Waals surface area contributed by atoms with Crippen molar-refractivity contribution in [1.29, 1.82) is 0 Å². The Kier molecular flexibility index (Phi) is 2.80. The fraction of sp³-hybridized carbons (Fsp3) is 0.400. The van der Waals surface area contributed by atoms with Gasteiger partial charge in [-0.15, -0.1) is 0 Å². The summed E-state index contributed by atoms with van der Waals surface area (Å²) in [6, 6.07) is 0. The molecule has 0 bridgehead atoms. The molecule has 0 aliphatic carbocycles. The van der Waals surface area contributed by atoms with Gasteiger partial charge in [0.05, 0.1) is 0 Å². The van der Waals surface area contributed by atoms with Crippen molar-refractivity contribution in [2.75, 3.05) is 17.6 Å². The first-order valence-corrected chi connectivity index (χ1v) is 5.19. The van der Waals surface area contributed by atoms with Crippen LogP contribution < -0.4 is 11.1 Å². The molecule has 2 aromatic heterocycles. The summed E-state index contributed by atoms with van der Waals surface area (Å²) >= 11 is 0. The van der Waals surface area contributed by atoms with Crippen molar-refractivity contribution in [3.63, 3.8) is 0 Å². The second-order valence-electron chi connectivity index (χ2n) is 3.72. The van der Waals surface area contributed by atoms with Gasteiger partial charge in [0, 0.05) is 32.4 Å². The van der Waals surface area contributed by atoms with Crippen LogP contribution in [-0.2, 0) is 13.5 Å². The van der Waals surface area contributed by atoms with E-state index in [0.717, 1.165) is 24.6 Å². The zero-order valence-electron chi connectivity index (χ0n) is 9.49. The average molecular weight is 220 g/mol. The number of imidazole rings is 2. The van der Waals surface area contributed by atoms with E-state index < -0.39 is 0 Å². The lowest BCUT2D eigenvalue weighted by atomic mass is 10.4. The fourth-order valence-electron chi connectivity index (χ4n) is 1.57. The van der Waals surface area contributed by atoms with Crippen LogP contribution in [0.25, 0.3) is 0 Å². The van der Waals surface area contributed by atoms with Crippen LogP contribution in [0.2, 0.25) is 0 Å². The van der Waals surface area contributed by atoms with Crippen molar-refractivity contribution in [1.82, 2.24) is 19.5 Å². The molecule has 4 N–H and O–H groups in total. The summed E-state index contributed by atoms with van der Waals surface area (Å²) in [6.07, 6.45) is 4.57. The molecule has 2 aromatic rings. The van der Waals surface area contributed by atoms with Gasteiger partial charge in [0.1, 0.15) is 17.5 Å². The third-order valence-corrected chi connectivity index (χ3v) is 2.41. The summed E-state index contributed by atoms with van der Waals surface area (Å²) in [4.78, 5) is 11.4. The lowest BCUT2D eigenvalue weighted by Gasteiger charge is -2.04. The fourth-order valence-corrected chi connectivity index (χ4v) is 1.57. The van der Waals surface area contributed by atoms with Gasteiger partial charge in [-0.2, -0.15) is 0 Å². The highest BCUT2D eigenvalue weighted by molar-refractivity contribution is 5.56. The number of hydrogen-bond acceptors (Lipinski definition) is 4.